The predicted octanol–water partition coefficient (Wildman–Crippen LogP) is 2.31. The Balaban J connectivity index is 2.08. The smallest absolute Gasteiger partial charge is 0.242 e. The fourth-order valence-corrected chi connectivity index (χ4v) is 3.55. The van der Waals surface area contributed by atoms with Gasteiger partial charge in [0.25, 0.3) is 0 Å². The Morgan fingerprint density at radius 2 is 2.18 bits per heavy atom. The topological polar surface area (TPSA) is 59.1 Å². The highest BCUT2D eigenvalue weighted by Gasteiger charge is 2.33. The van der Waals surface area contributed by atoms with E-state index in [-0.39, 0.29) is 10.3 Å². The molecule has 94 valence electrons. The molecule has 1 heterocycles. The molecule has 0 amide bonds. The summed E-state index contributed by atoms with van der Waals surface area (Å²) in [7, 11) is -3.43. The molecule has 0 unspecified atom stereocenters. The molecule has 17 heavy (non-hydrogen) atoms. The Hall–Kier alpha value is -0.460. The minimum absolute atomic E-state index is 0.131. The van der Waals surface area contributed by atoms with E-state index in [1.807, 2.05) is 0 Å². The number of pyridine rings is 1. The second kappa shape index (κ2) is 4.66. The molecule has 6 heteroatoms. The zero-order valence-electron chi connectivity index (χ0n) is 9.61. The summed E-state index contributed by atoms with van der Waals surface area (Å²) >= 11 is 3.22. The molecule has 0 aromatic carbocycles. The average Bonchev–Trinajstić information content (AvgIpc) is 2.24. The summed E-state index contributed by atoms with van der Waals surface area (Å²) in [6.45, 7) is 2.61. The predicted molar refractivity (Wildman–Crippen MR) is 69.1 cm³/mol. The van der Waals surface area contributed by atoms with Crippen molar-refractivity contribution in [2.75, 3.05) is 6.54 Å². The molecule has 4 nitrogen and oxygen atoms in total. The third-order valence-corrected chi connectivity index (χ3v) is 5.04. The van der Waals surface area contributed by atoms with Crippen molar-refractivity contribution in [3.05, 3.63) is 22.9 Å². The normalized spacial score (nSPS) is 18.7. The van der Waals surface area contributed by atoms with E-state index in [1.165, 1.54) is 12.6 Å². The summed E-state index contributed by atoms with van der Waals surface area (Å²) in [4.78, 5) is 4.07. The van der Waals surface area contributed by atoms with Crippen LogP contribution in [0.4, 0.5) is 0 Å². The van der Waals surface area contributed by atoms with Gasteiger partial charge in [-0.1, -0.05) is 13.3 Å². The van der Waals surface area contributed by atoms with Crippen LogP contribution in [-0.4, -0.2) is 19.9 Å². The lowest BCUT2D eigenvalue weighted by molar-refractivity contribution is 0.166. The molecule has 1 aromatic rings. The highest BCUT2D eigenvalue weighted by Crippen LogP contribution is 2.39. The van der Waals surface area contributed by atoms with Crippen LogP contribution in [0.15, 0.2) is 27.8 Å². The Morgan fingerprint density at radius 1 is 1.47 bits per heavy atom. The average molecular weight is 319 g/mol. The highest BCUT2D eigenvalue weighted by atomic mass is 79.9. The third-order valence-electron chi connectivity index (χ3n) is 3.24. The molecular weight excluding hydrogens is 304 g/mol. The van der Waals surface area contributed by atoms with Gasteiger partial charge in [-0.05, 0) is 40.3 Å². The summed E-state index contributed by atoms with van der Waals surface area (Å²) in [5.41, 5.74) is 0.131. The first-order valence-electron chi connectivity index (χ1n) is 5.52. The lowest BCUT2D eigenvalue weighted by Crippen LogP contribution is -2.39. The van der Waals surface area contributed by atoms with Gasteiger partial charge in [0.05, 0.1) is 0 Å². The van der Waals surface area contributed by atoms with E-state index < -0.39 is 10.0 Å². The molecule has 0 atom stereocenters. The van der Waals surface area contributed by atoms with Gasteiger partial charge in [-0.3, -0.25) is 4.98 Å². The standard InChI is InChI=1S/C11H15BrN2O2S/c1-11(3-2-4-11)8-14-17(15,16)10-5-9(12)6-13-7-10/h5-7,14H,2-4,8H2,1H3. The largest absolute Gasteiger partial charge is 0.262 e. The van der Waals surface area contributed by atoms with Crippen LogP contribution in [0.1, 0.15) is 26.2 Å². The van der Waals surface area contributed by atoms with E-state index in [2.05, 4.69) is 32.6 Å². The third kappa shape index (κ3) is 3.05. The Bertz CT molecular complexity index is 512. The highest BCUT2D eigenvalue weighted by molar-refractivity contribution is 9.10. The van der Waals surface area contributed by atoms with Crippen molar-refractivity contribution in [2.24, 2.45) is 5.41 Å². The van der Waals surface area contributed by atoms with Gasteiger partial charge in [-0.15, -0.1) is 0 Å². The molecule has 0 radical (unpaired) electrons. The lowest BCUT2D eigenvalue weighted by atomic mass is 9.71. The Kier molecular flexibility index (Phi) is 3.56. The van der Waals surface area contributed by atoms with Crippen LogP contribution in [0.3, 0.4) is 0 Å². The molecule has 1 aromatic heterocycles. The van der Waals surface area contributed by atoms with Crippen LogP contribution in [0.2, 0.25) is 0 Å². The van der Waals surface area contributed by atoms with Crippen molar-refractivity contribution in [1.29, 1.82) is 0 Å². The van der Waals surface area contributed by atoms with Crippen LogP contribution < -0.4 is 4.72 Å². The van der Waals surface area contributed by atoms with Crippen molar-refractivity contribution in [3.8, 4) is 0 Å². The zero-order chi connectivity index (χ0) is 12.5. The summed E-state index contributed by atoms with van der Waals surface area (Å²) in [5.74, 6) is 0. The van der Waals surface area contributed by atoms with E-state index in [9.17, 15) is 8.42 Å². The fourth-order valence-electron chi connectivity index (χ4n) is 1.85. The number of sulfonamides is 1. The summed E-state index contributed by atoms with van der Waals surface area (Å²) in [6.07, 6.45) is 6.29. The molecule has 1 fully saturated rings. The first-order valence-corrected chi connectivity index (χ1v) is 7.79. The minimum Gasteiger partial charge on any atom is -0.262 e. The zero-order valence-corrected chi connectivity index (χ0v) is 12.0. The van der Waals surface area contributed by atoms with E-state index in [1.54, 1.807) is 12.3 Å². The summed E-state index contributed by atoms with van der Waals surface area (Å²) < 4.78 is 27.3. The number of halogens is 1. The summed E-state index contributed by atoms with van der Waals surface area (Å²) in [5, 5.41) is 0. The molecule has 0 aliphatic heterocycles. The lowest BCUT2D eigenvalue weighted by Gasteiger charge is -2.38. The second-order valence-electron chi connectivity index (χ2n) is 4.83. The van der Waals surface area contributed by atoms with Crippen LogP contribution in [0.5, 0.6) is 0 Å². The SMILES string of the molecule is CC1(CNS(=O)(=O)c2cncc(Br)c2)CCC1. The molecule has 1 saturated carbocycles. The van der Waals surface area contributed by atoms with Gasteiger partial charge in [0.15, 0.2) is 0 Å². The number of nitrogens with zero attached hydrogens (tertiary/aromatic N) is 1. The van der Waals surface area contributed by atoms with E-state index in [4.69, 9.17) is 0 Å². The quantitative estimate of drug-likeness (QED) is 0.926. The van der Waals surface area contributed by atoms with Gasteiger partial charge in [0.1, 0.15) is 4.90 Å². The van der Waals surface area contributed by atoms with Crippen molar-refractivity contribution in [3.63, 3.8) is 0 Å². The van der Waals surface area contributed by atoms with Crippen molar-refractivity contribution in [1.82, 2.24) is 9.71 Å². The van der Waals surface area contributed by atoms with Crippen molar-refractivity contribution >= 4 is 26.0 Å². The maximum Gasteiger partial charge on any atom is 0.242 e. The van der Waals surface area contributed by atoms with Gasteiger partial charge in [0.2, 0.25) is 10.0 Å². The number of rotatable bonds is 4. The number of aromatic nitrogens is 1. The number of hydrogen-bond acceptors (Lipinski definition) is 3. The van der Waals surface area contributed by atoms with Crippen molar-refractivity contribution in [2.45, 2.75) is 31.1 Å². The van der Waals surface area contributed by atoms with Crippen LogP contribution in [0.25, 0.3) is 0 Å². The Morgan fingerprint density at radius 3 is 2.71 bits per heavy atom. The maximum absolute atomic E-state index is 12.0. The van der Waals surface area contributed by atoms with Crippen LogP contribution in [0, 0.1) is 5.41 Å². The first-order chi connectivity index (χ1) is 7.91. The number of nitrogens with one attached hydrogen (secondary N) is 1. The van der Waals surface area contributed by atoms with Crippen molar-refractivity contribution < 1.29 is 8.42 Å². The van der Waals surface area contributed by atoms with Crippen LogP contribution in [-0.2, 0) is 10.0 Å². The molecule has 0 spiro atoms. The minimum atomic E-state index is -3.43. The van der Waals surface area contributed by atoms with E-state index in [0.717, 1.165) is 12.8 Å². The monoisotopic (exact) mass is 318 g/mol. The van der Waals surface area contributed by atoms with Gasteiger partial charge in [-0.2, -0.15) is 0 Å². The number of hydrogen-bond donors (Lipinski definition) is 1. The fraction of sp³-hybridized carbons (Fsp3) is 0.545. The maximum atomic E-state index is 12.0. The first kappa shape index (κ1) is 13.0. The van der Waals surface area contributed by atoms with E-state index in [0.29, 0.717) is 11.0 Å². The van der Waals surface area contributed by atoms with Gasteiger partial charge in [0, 0.05) is 23.4 Å². The molecular formula is C11H15BrN2O2S. The molecule has 1 N–H and O–H groups in total. The van der Waals surface area contributed by atoms with E-state index >= 15 is 0 Å². The molecule has 2 rings (SSSR count). The van der Waals surface area contributed by atoms with Gasteiger partial charge in [-0.25, -0.2) is 13.1 Å². The molecule has 0 bridgehead atoms. The van der Waals surface area contributed by atoms with Crippen LogP contribution >= 0.6 is 15.9 Å². The molecule has 0 saturated heterocycles. The molecule has 1 aliphatic rings. The second-order valence-corrected chi connectivity index (χ2v) is 7.51. The molecule has 1 aliphatic carbocycles. The van der Waals surface area contributed by atoms with Gasteiger partial charge >= 0.3 is 0 Å². The van der Waals surface area contributed by atoms with Gasteiger partial charge < -0.3 is 0 Å². The summed E-state index contributed by atoms with van der Waals surface area (Å²) in [6, 6.07) is 1.55. The Labute approximate surface area is 110 Å².